The van der Waals surface area contributed by atoms with Crippen LogP contribution in [0.15, 0.2) is 24.4 Å². The molecule has 1 aromatic rings. The van der Waals surface area contributed by atoms with Crippen molar-refractivity contribution >= 4 is 0 Å². The molecule has 0 bridgehead atoms. The second-order valence-electron chi connectivity index (χ2n) is 2.24. The van der Waals surface area contributed by atoms with E-state index in [4.69, 9.17) is 0 Å². The molecule has 0 saturated carbocycles. The average Bonchev–Trinajstić information content (AvgIpc) is 1.94. The monoisotopic (exact) mass is 267 g/mol. The van der Waals surface area contributed by atoms with Crippen LogP contribution in [0.1, 0.15) is 5.69 Å². The third-order valence-corrected chi connectivity index (χ3v) is 1.51. The van der Waals surface area contributed by atoms with Crippen molar-refractivity contribution in [3.8, 4) is 0 Å². The Kier molecular flexibility index (Phi) is 5.36. The molecule has 0 aliphatic rings. The fourth-order valence-corrected chi connectivity index (χ4v) is 0.915. The van der Waals surface area contributed by atoms with E-state index in [0.717, 1.165) is 5.69 Å². The van der Waals surface area contributed by atoms with Gasteiger partial charge < -0.3 is 24.0 Å². The molecule has 0 amide bonds. The van der Waals surface area contributed by atoms with Crippen molar-refractivity contribution in [1.29, 1.82) is 0 Å². The molecule has 62 valence electrons. The van der Waals surface area contributed by atoms with E-state index in [1.54, 1.807) is 0 Å². The van der Waals surface area contributed by atoms with Crippen molar-refractivity contribution in [1.82, 2.24) is 0 Å². The van der Waals surface area contributed by atoms with Crippen LogP contribution in [0.2, 0.25) is 0 Å². The quantitative estimate of drug-likeness (QED) is 0.432. The molecule has 0 fully saturated rings. The van der Waals surface area contributed by atoms with E-state index >= 15 is 0 Å². The molecule has 0 aromatic carbocycles. The zero-order valence-corrected chi connectivity index (χ0v) is 8.58. The van der Waals surface area contributed by atoms with Crippen LogP contribution in [0.5, 0.6) is 0 Å². The summed E-state index contributed by atoms with van der Waals surface area (Å²) in [6, 6.07) is 5.78. The first-order valence-electron chi connectivity index (χ1n) is 3.34. The summed E-state index contributed by atoms with van der Waals surface area (Å²) in [6.45, 7) is -0.280. The van der Waals surface area contributed by atoms with Gasteiger partial charge in [0.2, 0.25) is 0 Å². The fraction of sp³-hybridized carbons (Fsp3) is 0.375. The molecule has 3 heteroatoms. The summed E-state index contributed by atoms with van der Waals surface area (Å²) in [5.74, 6) is 0. The van der Waals surface area contributed by atoms with Gasteiger partial charge in [0.1, 0.15) is 7.05 Å². The zero-order valence-electron chi connectivity index (χ0n) is 6.43. The number of halogens is 2. The van der Waals surface area contributed by atoms with Gasteiger partial charge in [-0.05, 0) is 0 Å². The van der Waals surface area contributed by atoms with Gasteiger partial charge in [-0.1, -0.05) is 6.07 Å². The Bertz CT molecular complexity index is 215. The lowest BCUT2D eigenvalue weighted by Crippen LogP contribution is -3.00. The van der Waals surface area contributed by atoms with Crippen LogP contribution in [-0.4, -0.2) is 6.67 Å². The van der Waals surface area contributed by atoms with E-state index in [-0.39, 0.29) is 30.7 Å². The van der Waals surface area contributed by atoms with E-state index in [1.807, 2.05) is 36.0 Å². The molecule has 1 rings (SSSR count). The molecule has 0 spiro atoms. The van der Waals surface area contributed by atoms with E-state index < -0.39 is 0 Å². The molecular formula is C8H11FIN. The van der Waals surface area contributed by atoms with Gasteiger partial charge in [0.25, 0.3) is 0 Å². The van der Waals surface area contributed by atoms with Crippen LogP contribution in [0.25, 0.3) is 0 Å². The number of pyridine rings is 1. The number of hydrogen-bond acceptors (Lipinski definition) is 0. The molecule has 0 saturated heterocycles. The Labute approximate surface area is 83.3 Å². The van der Waals surface area contributed by atoms with Crippen LogP contribution in [-0.2, 0) is 13.5 Å². The van der Waals surface area contributed by atoms with Gasteiger partial charge in [-0.2, -0.15) is 0 Å². The number of alkyl halides is 1. The molecule has 1 nitrogen and oxygen atoms in total. The smallest absolute Gasteiger partial charge is 0.183 e. The predicted octanol–water partition coefficient (Wildman–Crippen LogP) is -1.97. The largest absolute Gasteiger partial charge is 1.00 e. The third-order valence-electron chi connectivity index (χ3n) is 1.51. The summed E-state index contributed by atoms with van der Waals surface area (Å²) < 4.78 is 13.8. The van der Waals surface area contributed by atoms with Crippen LogP contribution < -0.4 is 28.5 Å². The SMILES string of the molecule is C[n+]1ccccc1CCF.[I-]. The highest BCUT2D eigenvalue weighted by Crippen LogP contribution is 1.91. The van der Waals surface area contributed by atoms with Crippen molar-refractivity contribution in [2.24, 2.45) is 7.05 Å². The maximum atomic E-state index is 11.8. The summed E-state index contributed by atoms with van der Waals surface area (Å²) in [5.41, 5.74) is 1.03. The minimum atomic E-state index is -0.280. The van der Waals surface area contributed by atoms with E-state index in [2.05, 4.69) is 0 Å². The lowest BCUT2D eigenvalue weighted by atomic mass is 10.3. The van der Waals surface area contributed by atoms with Gasteiger partial charge in [-0.15, -0.1) is 0 Å². The molecule has 1 aromatic heterocycles. The van der Waals surface area contributed by atoms with E-state index in [9.17, 15) is 4.39 Å². The van der Waals surface area contributed by atoms with Crippen LogP contribution in [0.4, 0.5) is 4.39 Å². The summed E-state index contributed by atoms with van der Waals surface area (Å²) in [4.78, 5) is 0. The highest BCUT2D eigenvalue weighted by Gasteiger charge is 2.01. The fourth-order valence-electron chi connectivity index (χ4n) is 0.915. The van der Waals surface area contributed by atoms with E-state index in [0.29, 0.717) is 6.42 Å². The number of hydrogen-bond donors (Lipinski definition) is 0. The van der Waals surface area contributed by atoms with Gasteiger partial charge in [0.15, 0.2) is 11.9 Å². The van der Waals surface area contributed by atoms with Crippen molar-refractivity contribution in [3.05, 3.63) is 30.1 Å². The first-order valence-corrected chi connectivity index (χ1v) is 3.34. The van der Waals surface area contributed by atoms with Gasteiger partial charge in [0, 0.05) is 12.1 Å². The second kappa shape index (κ2) is 5.46. The van der Waals surface area contributed by atoms with E-state index in [1.165, 1.54) is 0 Å². The molecule has 0 aliphatic heterocycles. The summed E-state index contributed by atoms with van der Waals surface area (Å²) in [7, 11) is 1.92. The average molecular weight is 267 g/mol. The molecule has 0 radical (unpaired) electrons. The first kappa shape index (κ1) is 10.8. The number of aromatic nitrogens is 1. The molecule has 1 heterocycles. The molecule has 0 unspecified atom stereocenters. The summed E-state index contributed by atoms with van der Waals surface area (Å²) in [5, 5.41) is 0. The van der Waals surface area contributed by atoms with Crippen LogP contribution in [0.3, 0.4) is 0 Å². The highest BCUT2D eigenvalue weighted by atomic mass is 127. The molecule has 0 N–H and O–H groups in total. The molecule has 11 heavy (non-hydrogen) atoms. The minimum absolute atomic E-state index is 0. The number of rotatable bonds is 2. The maximum absolute atomic E-state index is 11.8. The minimum Gasteiger partial charge on any atom is -1.00 e. The molecule has 0 atom stereocenters. The molecule has 0 aliphatic carbocycles. The van der Waals surface area contributed by atoms with Crippen LogP contribution >= 0.6 is 0 Å². The van der Waals surface area contributed by atoms with Gasteiger partial charge in [0.05, 0.1) is 13.1 Å². The third kappa shape index (κ3) is 3.14. The number of aryl methyl sites for hydroxylation is 2. The predicted molar refractivity (Wildman–Crippen MR) is 37.3 cm³/mol. The Morgan fingerprint density at radius 2 is 2.18 bits per heavy atom. The zero-order chi connectivity index (χ0) is 7.40. The van der Waals surface area contributed by atoms with Gasteiger partial charge in [-0.25, -0.2) is 4.57 Å². The number of nitrogens with zero attached hydrogens (tertiary/aromatic N) is 1. The summed E-state index contributed by atoms with van der Waals surface area (Å²) in [6.07, 6.45) is 2.43. The standard InChI is InChI=1S/C8H11FN.HI/c1-10-7-3-2-4-8(10)5-6-9;/h2-4,7H,5-6H2,1H3;1H/q+1;/p-1. The highest BCUT2D eigenvalue weighted by molar-refractivity contribution is 4.96. The summed E-state index contributed by atoms with van der Waals surface area (Å²) >= 11 is 0. The lowest BCUT2D eigenvalue weighted by molar-refractivity contribution is -0.679. The Morgan fingerprint density at radius 1 is 1.45 bits per heavy atom. The first-order chi connectivity index (χ1) is 4.84. The molecular weight excluding hydrogens is 256 g/mol. The topological polar surface area (TPSA) is 3.88 Å². The van der Waals surface area contributed by atoms with Crippen molar-refractivity contribution in [3.63, 3.8) is 0 Å². The second-order valence-corrected chi connectivity index (χ2v) is 2.24. The normalized spacial score (nSPS) is 8.91. The van der Waals surface area contributed by atoms with Crippen molar-refractivity contribution in [2.75, 3.05) is 6.67 Å². The Hall–Kier alpha value is -0.190. The van der Waals surface area contributed by atoms with Crippen molar-refractivity contribution in [2.45, 2.75) is 6.42 Å². The van der Waals surface area contributed by atoms with Gasteiger partial charge >= 0.3 is 0 Å². The Morgan fingerprint density at radius 3 is 2.73 bits per heavy atom. The van der Waals surface area contributed by atoms with Crippen molar-refractivity contribution < 1.29 is 32.9 Å². The maximum Gasteiger partial charge on any atom is 0.183 e. The lowest BCUT2D eigenvalue weighted by Gasteiger charge is -1.93. The Balaban J connectivity index is 0.000001000. The van der Waals surface area contributed by atoms with Crippen LogP contribution in [0, 0.1) is 0 Å². The van der Waals surface area contributed by atoms with Gasteiger partial charge in [-0.3, -0.25) is 4.39 Å².